The Hall–Kier alpha value is -2.10. The smallest absolute Gasteiger partial charge is 0.152 e. The fraction of sp³-hybridized carbons (Fsp3) is 0.231. The van der Waals surface area contributed by atoms with Crippen LogP contribution in [0.5, 0.6) is 0 Å². The molecule has 1 aromatic carbocycles. The van der Waals surface area contributed by atoms with Gasteiger partial charge in [0.1, 0.15) is 5.82 Å². The minimum Gasteiger partial charge on any atom is -0.362 e. The standard InChI is InChI=1S/C13H13N3O/c17-10-11-3-1-2-4-12(11)16-8-7-15-6-5-14-13(15)9-16/h1-6,10H,7-9H2. The third kappa shape index (κ3) is 1.71. The molecular weight excluding hydrogens is 214 g/mol. The first kappa shape index (κ1) is 10.1. The molecule has 0 aliphatic carbocycles. The number of fused-ring (bicyclic) bond motifs is 1. The van der Waals surface area contributed by atoms with Crippen molar-refractivity contribution in [3.05, 3.63) is 48.0 Å². The third-order valence-corrected chi connectivity index (χ3v) is 3.15. The second-order valence-corrected chi connectivity index (χ2v) is 4.14. The molecule has 0 fully saturated rings. The highest BCUT2D eigenvalue weighted by Crippen LogP contribution is 2.23. The van der Waals surface area contributed by atoms with Gasteiger partial charge in [0.2, 0.25) is 0 Å². The molecule has 0 unspecified atom stereocenters. The van der Waals surface area contributed by atoms with E-state index in [1.807, 2.05) is 36.7 Å². The fourth-order valence-electron chi connectivity index (χ4n) is 2.25. The van der Waals surface area contributed by atoms with E-state index in [1.54, 1.807) is 0 Å². The van der Waals surface area contributed by atoms with E-state index in [1.165, 1.54) is 0 Å². The molecule has 0 saturated heterocycles. The van der Waals surface area contributed by atoms with Crippen LogP contribution in [-0.4, -0.2) is 22.4 Å². The number of hydrogen-bond donors (Lipinski definition) is 0. The molecule has 0 N–H and O–H groups in total. The maximum Gasteiger partial charge on any atom is 0.152 e. The number of aldehydes is 1. The number of aromatic nitrogens is 2. The van der Waals surface area contributed by atoms with E-state index in [4.69, 9.17) is 0 Å². The molecule has 1 aliphatic rings. The average molecular weight is 227 g/mol. The van der Waals surface area contributed by atoms with Gasteiger partial charge in [0, 0.05) is 36.7 Å². The molecule has 2 heterocycles. The van der Waals surface area contributed by atoms with Gasteiger partial charge in [0.15, 0.2) is 6.29 Å². The summed E-state index contributed by atoms with van der Waals surface area (Å²) in [5.74, 6) is 1.05. The molecule has 0 bridgehead atoms. The Morgan fingerprint density at radius 2 is 2.12 bits per heavy atom. The van der Waals surface area contributed by atoms with Crippen molar-refractivity contribution in [3.8, 4) is 0 Å². The predicted molar refractivity (Wildman–Crippen MR) is 65.1 cm³/mol. The normalized spacial score (nSPS) is 14.5. The Morgan fingerprint density at radius 3 is 3.00 bits per heavy atom. The highest BCUT2D eigenvalue weighted by Gasteiger charge is 2.18. The zero-order chi connectivity index (χ0) is 11.7. The van der Waals surface area contributed by atoms with Crippen LogP contribution in [0.4, 0.5) is 5.69 Å². The number of carbonyl (C=O) groups excluding carboxylic acids is 1. The topological polar surface area (TPSA) is 38.1 Å². The number of benzene rings is 1. The first-order valence-corrected chi connectivity index (χ1v) is 5.67. The van der Waals surface area contributed by atoms with Crippen molar-refractivity contribution in [3.63, 3.8) is 0 Å². The van der Waals surface area contributed by atoms with Gasteiger partial charge in [-0.1, -0.05) is 12.1 Å². The van der Waals surface area contributed by atoms with E-state index in [2.05, 4.69) is 14.5 Å². The van der Waals surface area contributed by atoms with E-state index >= 15 is 0 Å². The number of carbonyl (C=O) groups is 1. The molecule has 1 aromatic heterocycles. The molecular formula is C13H13N3O. The molecule has 86 valence electrons. The van der Waals surface area contributed by atoms with Gasteiger partial charge in [0.25, 0.3) is 0 Å². The summed E-state index contributed by atoms with van der Waals surface area (Å²) in [4.78, 5) is 17.5. The van der Waals surface area contributed by atoms with E-state index in [9.17, 15) is 4.79 Å². The first-order valence-electron chi connectivity index (χ1n) is 5.67. The lowest BCUT2D eigenvalue weighted by atomic mass is 10.1. The molecule has 0 radical (unpaired) electrons. The molecule has 0 atom stereocenters. The van der Waals surface area contributed by atoms with Crippen molar-refractivity contribution >= 4 is 12.0 Å². The molecule has 2 aromatic rings. The summed E-state index contributed by atoms with van der Waals surface area (Å²) >= 11 is 0. The highest BCUT2D eigenvalue weighted by atomic mass is 16.1. The van der Waals surface area contributed by atoms with E-state index in [-0.39, 0.29) is 0 Å². The summed E-state index contributed by atoms with van der Waals surface area (Å²) < 4.78 is 2.15. The Balaban J connectivity index is 1.94. The van der Waals surface area contributed by atoms with Gasteiger partial charge in [-0.15, -0.1) is 0 Å². The number of para-hydroxylation sites is 1. The largest absolute Gasteiger partial charge is 0.362 e. The maximum atomic E-state index is 11.0. The van der Waals surface area contributed by atoms with Crippen LogP contribution in [0.3, 0.4) is 0 Å². The van der Waals surface area contributed by atoms with Crippen LogP contribution in [0.2, 0.25) is 0 Å². The zero-order valence-electron chi connectivity index (χ0n) is 9.41. The molecule has 0 spiro atoms. The molecule has 17 heavy (non-hydrogen) atoms. The highest BCUT2D eigenvalue weighted by molar-refractivity contribution is 5.84. The fourth-order valence-corrected chi connectivity index (χ4v) is 2.25. The van der Waals surface area contributed by atoms with E-state index in [0.29, 0.717) is 0 Å². The van der Waals surface area contributed by atoms with Crippen molar-refractivity contribution < 1.29 is 4.79 Å². The predicted octanol–water partition coefficient (Wildman–Crippen LogP) is 1.72. The second-order valence-electron chi connectivity index (χ2n) is 4.14. The third-order valence-electron chi connectivity index (χ3n) is 3.15. The van der Waals surface area contributed by atoms with E-state index < -0.39 is 0 Å². The first-order chi connectivity index (χ1) is 8.38. The zero-order valence-corrected chi connectivity index (χ0v) is 9.41. The van der Waals surface area contributed by atoms with Crippen molar-refractivity contribution in [1.29, 1.82) is 0 Å². The maximum absolute atomic E-state index is 11.0. The Labute approximate surface area is 99.5 Å². The summed E-state index contributed by atoms with van der Waals surface area (Å²) in [5.41, 5.74) is 1.74. The molecule has 3 rings (SSSR count). The minimum absolute atomic E-state index is 0.743. The molecule has 4 heteroatoms. The summed E-state index contributed by atoms with van der Waals surface area (Å²) in [7, 11) is 0. The van der Waals surface area contributed by atoms with Gasteiger partial charge in [-0.05, 0) is 12.1 Å². The SMILES string of the molecule is O=Cc1ccccc1N1CCn2ccnc2C1. The van der Waals surface area contributed by atoms with Gasteiger partial charge in [-0.3, -0.25) is 4.79 Å². The number of imidazole rings is 1. The molecule has 0 saturated carbocycles. The van der Waals surface area contributed by atoms with Crippen molar-refractivity contribution in [1.82, 2.24) is 9.55 Å². The van der Waals surface area contributed by atoms with Crippen LogP contribution in [0.25, 0.3) is 0 Å². The molecule has 4 nitrogen and oxygen atoms in total. The van der Waals surface area contributed by atoms with Crippen LogP contribution in [0.15, 0.2) is 36.7 Å². The monoisotopic (exact) mass is 227 g/mol. The van der Waals surface area contributed by atoms with E-state index in [0.717, 1.165) is 43.0 Å². The number of nitrogens with zero attached hydrogens (tertiary/aromatic N) is 3. The Bertz CT molecular complexity index is 547. The van der Waals surface area contributed by atoms with Crippen LogP contribution in [-0.2, 0) is 13.1 Å². The molecule has 0 amide bonds. The van der Waals surface area contributed by atoms with Crippen molar-refractivity contribution in [2.45, 2.75) is 13.1 Å². The van der Waals surface area contributed by atoms with Crippen LogP contribution < -0.4 is 4.90 Å². The quantitative estimate of drug-likeness (QED) is 0.733. The lowest BCUT2D eigenvalue weighted by Crippen LogP contribution is -2.34. The average Bonchev–Trinajstić information content (AvgIpc) is 2.85. The van der Waals surface area contributed by atoms with Gasteiger partial charge in [-0.2, -0.15) is 0 Å². The summed E-state index contributed by atoms with van der Waals surface area (Å²) in [6, 6.07) is 7.69. The lowest BCUT2D eigenvalue weighted by Gasteiger charge is -2.30. The summed E-state index contributed by atoms with van der Waals surface area (Å²) in [6.07, 6.45) is 4.74. The van der Waals surface area contributed by atoms with Crippen LogP contribution in [0.1, 0.15) is 16.2 Å². The van der Waals surface area contributed by atoms with Gasteiger partial charge < -0.3 is 9.47 Å². The molecule has 1 aliphatic heterocycles. The number of anilines is 1. The summed E-state index contributed by atoms with van der Waals surface area (Å²) in [6.45, 7) is 2.59. The second kappa shape index (κ2) is 4.05. The minimum atomic E-state index is 0.743. The van der Waals surface area contributed by atoms with Crippen molar-refractivity contribution in [2.75, 3.05) is 11.4 Å². The van der Waals surface area contributed by atoms with Gasteiger partial charge >= 0.3 is 0 Å². The van der Waals surface area contributed by atoms with Crippen LogP contribution in [0, 0.1) is 0 Å². The number of rotatable bonds is 2. The number of hydrogen-bond acceptors (Lipinski definition) is 3. The van der Waals surface area contributed by atoms with Crippen molar-refractivity contribution in [2.24, 2.45) is 0 Å². The van der Waals surface area contributed by atoms with Gasteiger partial charge in [-0.25, -0.2) is 4.98 Å². The van der Waals surface area contributed by atoms with Gasteiger partial charge in [0.05, 0.1) is 6.54 Å². The summed E-state index contributed by atoms with van der Waals surface area (Å²) in [5, 5.41) is 0. The van der Waals surface area contributed by atoms with Crippen LogP contribution >= 0.6 is 0 Å². The Morgan fingerprint density at radius 1 is 1.24 bits per heavy atom. The lowest BCUT2D eigenvalue weighted by molar-refractivity contribution is 0.112. The Kier molecular flexibility index (Phi) is 2.40.